The first-order valence-corrected chi connectivity index (χ1v) is 5.01. The maximum Gasteiger partial charge on any atom is 0.335 e. The lowest BCUT2D eigenvalue weighted by Gasteiger charge is -2.11. The first-order chi connectivity index (χ1) is 8.49. The molecule has 18 heavy (non-hydrogen) atoms. The number of hydrogen-bond acceptors (Lipinski definition) is 3. The lowest BCUT2D eigenvalue weighted by molar-refractivity contribution is -0.117. The van der Waals surface area contributed by atoms with Crippen LogP contribution in [0.5, 0.6) is 0 Å². The predicted octanol–water partition coefficient (Wildman–Crippen LogP) is 1.74. The summed E-state index contributed by atoms with van der Waals surface area (Å²) in [5.74, 6) is -1.67. The van der Waals surface area contributed by atoms with E-state index >= 15 is 0 Å². The Morgan fingerprint density at radius 2 is 1.94 bits per heavy atom. The molecule has 1 aromatic carbocycles. The minimum atomic E-state index is -2.77. The zero-order chi connectivity index (χ0) is 13.3. The second kappa shape index (κ2) is 4.52. The first-order valence-electron chi connectivity index (χ1n) is 5.01. The van der Waals surface area contributed by atoms with Crippen molar-refractivity contribution in [1.29, 1.82) is 0 Å². The molecule has 0 aliphatic carbocycles. The van der Waals surface area contributed by atoms with Gasteiger partial charge in [-0.2, -0.15) is 5.10 Å². The Bertz CT molecular complexity index is 526. The molecule has 1 aliphatic rings. The van der Waals surface area contributed by atoms with Gasteiger partial charge in [-0.3, -0.25) is 4.79 Å². The van der Waals surface area contributed by atoms with Crippen LogP contribution in [0.1, 0.15) is 16.8 Å². The fourth-order valence-electron chi connectivity index (χ4n) is 1.52. The Balaban J connectivity index is 2.26. The van der Waals surface area contributed by atoms with Crippen LogP contribution in [-0.4, -0.2) is 29.1 Å². The molecule has 0 fully saturated rings. The third-order valence-electron chi connectivity index (χ3n) is 2.41. The van der Waals surface area contributed by atoms with Crippen LogP contribution in [0.15, 0.2) is 29.4 Å². The van der Waals surface area contributed by atoms with E-state index in [1.807, 2.05) is 0 Å². The molecule has 0 spiro atoms. The summed E-state index contributed by atoms with van der Waals surface area (Å²) < 4.78 is 24.8. The summed E-state index contributed by atoms with van der Waals surface area (Å²) in [6.07, 6.45) is -3.18. The second-order valence-corrected chi connectivity index (χ2v) is 3.63. The standard InChI is InChI=1S/C11H8F2N2O3/c12-10(13)8-5-9(16)15(14-8)7-3-1-6(2-4-7)11(17)18/h1-4,10H,5H2,(H,17,18). The summed E-state index contributed by atoms with van der Waals surface area (Å²) in [5, 5.41) is 13.1. The molecule has 0 radical (unpaired) electrons. The Hall–Kier alpha value is -2.31. The highest BCUT2D eigenvalue weighted by Crippen LogP contribution is 2.22. The normalized spacial score (nSPS) is 15.2. The van der Waals surface area contributed by atoms with Gasteiger partial charge in [0, 0.05) is 0 Å². The Morgan fingerprint density at radius 1 is 1.33 bits per heavy atom. The minimum absolute atomic E-state index is 0.0449. The number of carbonyl (C=O) groups excluding carboxylic acids is 1. The molecule has 7 heteroatoms. The fraction of sp³-hybridized carbons (Fsp3) is 0.182. The molecule has 94 valence electrons. The number of carboxylic acid groups (broad SMARTS) is 1. The number of amides is 1. The van der Waals surface area contributed by atoms with Crippen LogP contribution in [0.2, 0.25) is 0 Å². The van der Waals surface area contributed by atoms with Gasteiger partial charge in [-0.05, 0) is 24.3 Å². The van der Waals surface area contributed by atoms with Crippen molar-refractivity contribution in [3.05, 3.63) is 29.8 Å². The van der Waals surface area contributed by atoms with Gasteiger partial charge in [-0.25, -0.2) is 18.6 Å². The van der Waals surface area contributed by atoms with E-state index in [0.29, 0.717) is 0 Å². The van der Waals surface area contributed by atoms with E-state index in [1.165, 1.54) is 24.3 Å². The maximum atomic E-state index is 12.4. The smallest absolute Gasteiger partial charge is 0.335 e. The van der Waals surface area contributed by atoms with Crippen molar-refractivity contribution in [2.24, 2.45) is 5.10 Å². The number of hydrazone groups is 1. The molecule has 2 rings (SSSR count). The molecule has 0 saturated heterocycles. The van der Waals surface area contributed by atoms with Gasteiger partial charge < -0.3 is 5.11 Å². The molecule has 0 bridgehead atoms. The molecule has 1 amide bonds. The van der Waals surface area contributed by atoms with E-state index in [4.69, 9.17) is 5.11 Å². The molecular weight excluding hydrogens is 246 g/mol. The van der Waals surface area contributed by atoms with Crippen LogP contribution < -0.4 is 5.01 Å². The second-order valence-electron chi connectivity index (χ2n) is 3.63. The first kappa shape index (κ1) is 12.2. The van der Waals surface area contributed by atoms with Gasteiger partial charge in [-0.15, -0.1) is 0 Å². The predicted molar refractivity (Wildman–Crippen MR) is 58.9 cm³/mol. The molecule has 0 unspecified atom stereocenters. The highest BCUT2D eigenvalue weighted by molar-refractivity contribution is 6.14. The lowest BCUT2D eigenvalue weighted by Crippen LogP contribution is -2.19. The van der Waals surface area contributed by atoms with Crippen LogP contribution in [-0.2, 0) is 4.79 Å². The van der Waals surface area contributed by atoms with E-state index in [0.717, 1.165) is 5.01 Å². The van der Waals surface area contributed by atoms with E-state index in [9.17, 15) is 18.4 Å². The molecule has 0 atom stereocenters. The van der Waals surface area contributed by atoms with E-state index in [2.05, 4.69) is 5.10 Å². The SMILES string of the molecule is O=C(O)c1ccc(N2N=C(C(F)F)CC2=O)cc1. The van der Waals surface area contributed by atoms with Gasteiger partial charge in [-0.1, -0.05) is 0 Å². The third kappa shape index (κ3) is 2.20. The monoisotopic (exact) mass is 254 g/mol. The van der Waals surface area contributed by atoms with Crippen molar-refractivity contribution in [2.75, 3.05) is 5.01 Å². The Kier molecular flexibility index (Phi) is 3.05. The van der Waals surface area contributed by atoms with Crippen molar-refractivity contribution >= 4 is 23.3 Å². The summed E-state index contributed by atoms with van der Waals surface area (Å²) in [7, 11) is 0. The van der Waals surface area contributed by atoms with Crippen LogP contribution in [0.3, 0.4) is 0 Å². The van der Waals surface area contributed by atoms with Gasteiger partial charge in [0.2, 0.25) is 0 Å². The van der Waals surface area contributed by atoms with E-state index in [1.54, 1.807) is 0 Å². The van der Waals surface area contributed by atoms with Gasteiger partial charge in [0.05, 0.1) is 17.7 Å². The summed E-state index contributed by atoms with van der Waals surface area (Å²) in [5.41, 5.74) is -0.175. The van der Waals surface area contributed by atoms with Crippen molar-refractivity contribution in [2.45, 2.75) is 12.8 Å². The summed E-state index contributed by atoms with van der Waals surface area (Å²) >= 11 is 0. The van der Waals surface area contributed by atoms with Crippen LogP contribution in [0, 0.1) is 0 Å². The average molecular weight is 254 g/mol. The van der Waals surface area contributed by atoms with Crippen LogP contribution in [0.4, 0.5) is 14.5 Å². The van der Waals surface area contributed by atoms with Gasteiger partial charge >= 0.3 is 5.97 Å². The van der Waals surface area contributed by atoms with Gasteiger partial charge in [0.1, 0.15) is 5.71 Å². The number of rotatable bonds is 3. The highest BCUT2D eigenvalue weighted by atomic mass is 19.3. The molecular formula is C11H8F2N2O3. The topological polar surface area (TPSA) is 70.0 Å². The van der Waals surface area contributed by atoms with Gasteiger partial charge in [0.15, 0.2) is 0 Å². The van der Waals surface area contributed by atoms with Crippen molar-refractivity contribution in [3.63, 3.8) is 0 Å². The number of carboxylic acids is 1. The molecule has 1 aliphatic heterocycles. The summed E-state index contributed by atoms with van der Waals surface area (Å²) in [6.45, 7) is 0. The maximum absolute atomic E-state index is 12.4. The number of halogens is 2. The number of carbonyl (C=O) groups is 2. The molecule has 1 heterocycles. The number of alkyl halides is 2. The summed E-state index contributed by atoms with van der Waals surface area (Å²) in [4.78, 5) is 22.1. The number of aromatic carboxylic acids is 1. The third-order valence-corrected chi connectivity index (χ3v) is 2.41. The molecule has 1 aromatic rings. The summed E-state index contributed by atoms with van der Waals surface area (Å²) in [6, 6.07) is 5.25. The molecule has 0 aromatic heterocycles. The molecule has 0 saturated carbocycles. The van der Waals surface area contributed by atoms with Crippen molar-refractivity contribution in [3.8, 4) is 0 Å². The lowest BCUT2D eigenvalue weighted by atomic mass is 10.2. The molecule has 5 nitrogen and oxygen atoms in total. The Morgan fingerprint density at radius 3 is 2.39 bits per heavy atom. The fourth-order valence-corrected chi connectivity index (χ4v) is 1.52. The Labute approximate surface area is 100 Å². The van der Waals surface area contributed by atoms with Crippen molar-refractivity contribution in [1.82, 2.24) is 0 Å². The highest BCUT2D eigenvalue weighted by Gasteiger charge is 2.30. The zero-order valence-electron chi connectivity index (χ0n) is 9.01. The minimum Gasteiger partial charge on any atom is -0.478 e. The number of hydrogen-bond donors (Lipinski definition) is 1. The molecule has 1 N–H and O–H groups in total. The van der Waals surface area contributed by atoms with Gasteiger partial charge in [0.25, 0.3) is 12.3 Å². The van der Waals surface area contributed by atoms with Crippen molar-refractivity contribution < 1.29 is 23.5 Å². The number of benzene rings is 1. The van der Waals surface area contributed by atoms with E-state index < -0.39 is 30.4 Å². The largest absolute Gasteiger partial charge is 0.478 e. The van der Waals surface area contributed by atoms with Crippen LogP contribution in [0.25, 0.3) is 0 Å². The zero-order valence-corrected chi connectivity index (χ0v) is 9.01. The quantitative estimate of drug-likeness (QED) is 0.893. The van der Waals surface area contributed by atoms with Crippen LogP contribution >= 0.6 is 0 Å². The number of nitrogens with zero attached hydrogens (tertiary/aromatic N) is 2. The van der Waals surface area contributed by atoms with E-state index in [-0.39, 0.29) is 11.3 Å². The average Bonchev–Trinajstić information content (AvgIpc) is 2.71. The number of anilines is 1.